The molecule has 38 heavy (non-hydrogen) atoms. The predicted molar refractivity (Wildman–Crippen MR) is 144 cm³/mol. The Hall–Kier alpha value is -4.12. The number of methoxy groups -OCH3 is 1. The van der Waals surface area contributed by atoms with Crippen LogP contribution >= 0.6 is 0 Å². The van der Waals surface area contributed by atoms with E-state index < -0.39 is 0 Å². The summed E-state index contributed by atoms with van der Waals surface area (Å²) in [6, 6.07) is 15.7. The van der Waals surface area contributed by atoms with Crippen molar-refractivity contribution in [2.45, 2.75) is 51.1 Å². The number of piperidine rings is 1. The number of aromatic amines is 1. The van der Waals surface area contributed by atoms with Crippen LogP contribution < -0.4 is 0 Å². The molecule has 6 rings (SSSR count). The monoisotopic (exact) mass is 508 g/mol. The molecule has 0 spiro atoms. The first-order valence-corrected chi connectivity index (χ1v) is 13.5. The van der Waals surface area contributed by atoms with Crippen molar-refractivity contribution in [2.75, 3.05) is 13.7 Å². The number of likely N-dealkylation sites (tertiary alicyclic amines) is 1. The SMILES string of the molecule is COC(=O)c1ccc(-c2cn(CCc3c([C@@H]4C[C@@H]5CCCC[C@H]5CN4C#N)[nH]c4ccccc34)nn2)cc1. The number of benzene rings is 2. The fraction of sp³-hybridized carbons (Fsp3) is 0.400. The van der Waals surface area contributed by atoms with E-state index in [2.05, 4.69) is 45.8 Å². The first kappa shape index (κ1) is 24.2. The van der Waals surface area contributed by atoms with E-state index in [4.69, 9.17) is 4.74 Å². The minimum absolute atomic E-state index is 0.0846. The summed E-state index contributed by atoms with van der Waals surface area (Å²) in [5.74, 6) is 0.977. The van der Waals surface area contributed by atoms with Crippen LogP contribution in [0.2, 0.25) is 0 Å². The van der Waals surface area contributed by atoms with Gasteiger partial charge in [0.1, 0.15) is 5.69 Å². The van der Waals surface area contributed by atoms with Crippen LogP contribution in [0.4, 0.5) is 0 Å². The van der Waals surface area contributed by atoms with Crippen molar-refractivity contribution in [3.63, 3.8) is 0 Å². The van der Waals surface area contributed by atoms with Gasteiger partial charge in [-0.2, -0.15) is 5.26 Å². The van der Waals surface area contributed by atoms with Crippen LogP contribution in [0.15, 0.2) is 54.7 Å². The number of nitrogens with one attached hydrogen (secondary N) is 1. The van der Waals surface area contributed by atoms with Gasteiger partial charge in [-0.3, -0.25) is 4.68 Å². The molecule has 1 aliphatic heterocycles. The Morgan fingerprint density at radius 2 is 1.92 bits per heavy atom. The van der Waals surface area contributed by atoms with Crippen LogP contribution in [0, 0.1) is 23.3 Å². The number of para-hydroxylation sites is 1. The summed E-state index contributed by atoms with van der Waals surface area (Å²) in [4.78, 5) is 17.5. The molecule has 2 aromatic heterocycles. The van der Waals surface area contributed by atoms with E-state index in [-0.39, 0.29) is 12.0 Å². The molecule has 1 saturated carbocycles. The Morgan fingerprint density at radius 1 is 1.13 bits per heavy atom. The van der Waals surface area contributed by atoms with Crippen LogP contribution in [0.25, 0.3) is 22.2 Å². The number of ether oxygens (including phenoxy) is 1. The normalized spacial score (nSPS) is 21.2. The molecular formula is C30H32N6O2. The summed E-state index contributed by atoms with van der Waals surface area (Å²) < 4.78 is 6.65. The average molecular weight is 509 g/mol. The lowest BCUT2D eigenvalue weighted by Crippen LogP contribution is -2.41. The van der Waals surface area contributed by atoms with Gasteiger partial charge in [0.15, 0.2) is 6.19 Å². The maximum Gasteiger partial charge on any atom is 0.337 e. The van der Waals surface area contributed by atoms with Crippen molar-refractivity contribution >= 4 is 16.9 Å². The second-order valence-electron chi connectivity index (χ2n) is 10.6. The maximum absolute atomic E-state index is 11.7. The van der Waals surface area contributed by atoms with Gasteiger partial charge >= 0.3 is 5.97 Å². The van der Waals surface area contributed by atoms with Gasteiger partial charge in [0.05, 0.1) is 24.9 Å². The van der Waals surface area contributed by atoms with Gasteiger partial charge in [-0.1, -0.05) is 54.8 Å². The molecule has 0 amide bonds. The average Bonchev–Trinajstić information content (AvgIpc) is 3.60. The number of H-pyrrole nitrogens is 1. The summed E-state index contributed by atoms with van der Waals surface area (Å²) >= 11 is 0. The number of fused-ring (bicyclic) bond motifs is 2. The van der Waals surface area contributed by atoms with Crippen molar-refractivity contribution in [3.05, 3.63) is 71.5 Å². The van der Waals surface area contributed by atoms with Crippen LogP contribution in [0.5, 0.6) is 0 Å². The lowest BCUT2D eigenvalue weighted by Gasteiger charge is -2.44. The molecule has 1 aliphatic carbocycles. The number of hydrogen-bond acceptors (Lipinski definition) is 6. The van der Waals surface area contributed by atoms with Crippen molar-refractivity contribution in [3.8, 4) is 17.5 Å². The number of rotatable bonds is 6. The molecule has 3 heterocycles. The Labute approximate surface area is 222 Å². The Kier molecular flexibility index (Phi) is 6.59. The highest BCUT2D eigenvalue weighted by Crippen LogP contribution is 2.45. The first-order chi connectivity index (χ1) is 18.6. The summed E-state index contributed by atoms with van der Waals surface area (Å²) in [7, 11) is 1.37. The van der Waals surface area contributed by atoms with Crippen LogP contribution in [-0.4, -0.2) is 44.5 Å². The molecule has 2 aliphatic rings. The van der Waals surface area contributed by atoms with Gasteiger partial charge in [-0.25, -0.2) is 4.79 Å². The molecule has 0 unspecified atom stereocenters. The zero-order chi connectivity index (χ0) is 26.1. The fourth-order valence-corrected chi connectivity index (χ4v) is 6.45. The molecule has 2 aromatic carbocycles. The van der Waals surface area contributed by atoms with Crippen molar-refractivity contribution < 1.29 is 9.53 Å². The lowest BCUT2D eigenvalue weighted by molar-refractivity contribution is 0.0600. The predicted octanol–water partition coefficient (Wildman–Crippen LogP) is 5.49. The standard InChI is InChI=1S/C30H32N6O2/c1-38-30(37)21-12-10-20(11-13-21)27-18-36(34-33-27)15-14-25-24-8-4-5-9-26(24)32-29(25)28-16-22-6-2-3-7-23(22)17-35(28)19-31/h4-5,8-13,18,22-23,28,32H,2-3,6-7,14-17H2,1H3/t22-,23-,28-/m0/s1. The number of nitriles is 1. The minimum atomic E-state index is -0.360. The van der Waals surface area contributed by atoms with Gasteiger partial charge in [0, 0.05) is 35.2 Å². The topological polar surface area (TPSA) is 99.8 Å². The van der Waals surface area contributed by atoms with E-state index in [9.17, 15) is 10.1 Å². The summed E-state index contributed by atoms with van der Waals surface area (Å²) in [5, 5.41) is 20.0. The van der Waals surface area contributed by atoms with Gasteiger partial charge in [-0.05, 0) is 54.9 Å². The maximum atomic E-state index is 11.7. The molecule has 1 saturated heterocycles. The fourth-order valence-electron chi connectivity index (χ4n) is 6.45. The van der Waals surface area contributed by atoms with Crippen molar-refractivity contribution in [2.24, 2.45) is 11.8 Å². The zero-order valence-electron chi connectivity index (χ0n) is 21.6. The van der Waals surface area contributed by atoms with E-state index >= 15 is 0 Å². The molecule has 4 aromatic rings. The van der Waals surface area contributed by atoms with Gasteiger partial charge < -0.3 is 14.6 Å². The number of nitrogens with zero attached hydrogens (tertiary/aromatic N) is 5. The number of carbonyl (C=O) groups is 1. The lowest BCUT2D eigenvalue weighted by atomic mass is 9.72. The third-order valence-corrected chi connectivity index (χ3v) is 8.44. The first-order valence-electron chi connectivity index (χ1n) is 13.5. The largest absolute Gasteiger partial charge is 0.465 e. The molecule has 194 valence electrons. The molecule has 0 radical (unpaired) electrons. The highest BCUT2D eigenvalue weighted by atomic mass is 16.5. The third-order valence-electron chi connectivity index (χ3n) is 8.44. The minimum Gasteiger partial charge on any atom is -0.465 e. The van der Waals surface area contributed by atoms with Crippen LogP contribution in [0.1, 0.15) is 59.8 Å². The smallest absolute Gasteiger partial charge is 0.337 e. The van der Waals surface area contributed by atoms with E-state index in [1.807, 2.05) is 27.9 Å². The number of aryl methyl sites for hydroxylation is 2. The third kappa shape index (κ3) is 4.53. The summed E-state index contributed by atoms with van der Waals surface area (Å²) in [6.45, 7) is 1.54. The molecule has 3 atom stereocenters. The van der Waals surface area contributed by atoms with Crippen molar-refractivity contribution in [1.82, 2.24) is 24.9 Å². The second-order valence-corrected chi connectivity index (χ2v) is 10.6. The Bertz CT molecular complexity index is 1480. The highest BCUT2D eigenvalue weighted by Gasteiger charge is 2.38. The molecule has 8 heteroatoms. The number of aromatic nitrogens is 4. The van der Waals surface area contributed by atoms with E-state index in [1.54, 1.807) is 12.1 Å². The van der Waals surface area contributed by atoms with Crippen LogP contribution in [0.3, 0.4) is 0 Å². The second kappa shape index (κ2) is 10.3. The van der Waals surface area contributed by atoms with E-state index in [0.717, 1.165) is 36.2 Å². The molecule has 8 nitrogen and oxygen atoms in total. The Morgan fingerprint density at radius 3 is 2.71 bits per heavy atom. The number of carbonyl (C=O) groups excluding carboxylic acids is 1. The van der Waals surface area contributed by atoms with Gasteiger partial charge in [-0.15, -0.1) is 5.10 Å². The highest BCUT2D eigenvalue weighted by molar-refractivity contribution is 5.89. The molecule has 2 fully saturated rings. The van der Waals surface area contributed by atoms with E-state index in [1.165, 1.54) is 49.4 Å². The number of hydrogen-bond donors (Lipinski definition) is 1. The summed E-state index contributed by atoms with van der Waals surface area (Å²) in [6.07, 6.45) is 11.4. The van der Waals surface area contributed by atoms with Gasteiger partial charge in [0.25, 0.3) is 0 Å². The summed E-state index contributed by atoms with van der Waals surface area (Å²) in [5.41, 5.74) is 5.71. The molecular weight excluding hydrogens is 476 g/mol. The van der Waals surface area contributed by atoms with Gasteiger partial charge in [0.2, 0.25) is 0 Å². The number of esters is 1. The van der Waals surface area contributed by atoms with Crippen molar-refractivity contribution in [1.29, 1.82) is 5.26 Å². The quantitative estimate of drug-likeness (QED) is 0.273. The zero-order valence-corrected chi connectivity index (χ0v) is 21.6. The molecule has 1 N–H and O–H groups in total. The molecule has 0 bridgehead atoms. The van der Waals surface area contributed by atoms with Crippen LogP contribution in [-0.2, 0) is 17.7 Å². The van der Waals surface area contributed by atoms with E-state index in [0.29, 0.717) is 23.9 Å². The Balaban J connectivity index is 1.25.